The van der Waals surface area contributed by atoms with Gasteiger partial charge in [0.1, 0.15) is 18.1 Å². The van der Waals surface area contributed by atoms with Gasteiger partial charge in [0.25, 0.3) is 0 Å². The highest BCUT2D eigenvalue weighted by Crippen LogP contribution is 2.08. The third kappa shape index (κ3) is 13.3. The average molecular weight is 504 g/mol. The summed E-state index contributed by atoms with van der Waals surface area (Å²) < 4.78 is 0. The molecule has 0 bridgehead atoms. The lowest BCUT2D eigenvalue weighted by molar-refractivity contribution is -0.143. The summed E-state index contributed by atoms with van der Waals surface area (Å²) in [5.41, 5.74) is 11.1. The summed E-state index contributed by atoms with van der Waals surface area (Å²) in [5, 5.41) is 34.2. The van der Waals surface area contributed by atoms with E-state index in [1.54, 1.807) is 13.8 Å². The van der Waals surface area contributed by atoms with E-state index in [1.165, 1.54) is 0 Å². The van der Waals surface area contributed by atoms with Gasteiger partial charge in [-0.25, -0.2) is 4.79 Å². The molecule has 200 valence electrons. The van der Waals surface area contributed by atoms with Gasteiger partial charge in [0.05, 0.1) is 6.04 Å². The van der Waals surface area contributed by atoms with Crippen molar-refractivity contribution in [3.8, 4) is 0 Å². The normalized spacial score (nSPS) is 14.3. The Morgan fingerprint density at radius 3 is 1.74 bits per heavy atom. The molecule has 14 heteroatoms. The van der Waals surface area contributed by atoms with E-state index >= 15 is 0 Å². The minimum atomic E-state index is -1.37. The van der Waals surface area contributed by atoms with Gasteiger partial charge < -0.3 is 42.7 Å². The molecule has 0 spiro atoms. The Kier molecular flexibility index (Phi) is 14.9. The number of unbranched alkanes of at least 4 members (excludes halogenated alkanes) is 1. The largest absolute Gasteiger partial charge is 0.481 e. The number of carbonyl (C=O) groups is 6. The number of hydrogen-bond donors (Lipinski definition) is 8. The van der Waals surface area contributed by atoms with Crippen molar-refractivity contribution in [2.24, 2.45) is 17.4 Å². The van der Waals surface area contributed by atoms with Crippen LogP contribution in [0.2, 0.25) is 0 Å². The maximum Gasteiger partial charge on any atom is 0.326 e. The maximum absolute atomic E-state index is 12.9. The summed E-state index contributed by atoms with van der Waals surface area (Å²) in [6, 6.07) is -4.99. The Bertz CT molecular complexity index is 759. The molecule has 4 atom stereocenters. The zero-order chi connectivity index (χ0) is 27.1. The van der Waals surface area contributed by atoms with Crippen LogP contribution in [0.3, 0.4) is 0 Å². The lowest BCUT2D eigenvalue weighted by Crippen LogP contribution is -2.58. The quantitative estimate of drug-likeness (QED) is 0.0985. The summed E-state index contributed by atoms with van der Waals surface area (Å²) in [6.07, 6.45) is -0.201. The fourth-order valence-electron chi connectivity index (χ4n) is 3.03. The number of nitrogens with one attached hydrogen (secondary N) is 3. The van der Waals surface area contributed by atoms with Crippen molar-refractivity contribution in [3.05, 3.63) is 0 Å². The molecule has 0 saturated carbocycles. The molecule has 0 radical (unpaired) electrons. The first kappa shape index (κ1) is 31.7. The average Bonchev–Trinajstić information content (AvgIpc) is 2.76. The van der Waals surface area contributed by atoms with Crippen molar-refractivity contribution in [3.63, 3.8) is 0 Å². The van der Waals surface area contributed by atoms with E-state index < -0.39 is 72.1 Å². The molecule has 10 N–H and O–H groups in total. The number of rotatable bonds is 18. The second-order valence-corrected chi connectivity index (χ2v) is 8.45. The van der Waals surface area contributed by atoms with Crippen LogP contribution < -0.4 is 27.4 Å². The SMILES string of the molecule is CC(C)C(NC(=O)C(CCC(=O)O)NC(=O)C(N)CCC(=O)O)C(=O)NC(CCCCN)C(=O)O. The number of carbonyl (C=O) groups excluding carboxylic acids is 3. The van der Waals surface area contributed by atoms with E-state index in [0.29, 0.717) is 19.4 Å². The molecule has 0 aromatic rings. The number of nitrogens with two attached hydrogens (primary N) is 2. The van der Waals surface area contributed by atoms with Crippen LogP contribution >= 0.6 is 0 Å². The standard InChI is InChI=1S/C21H37N5O9/c1-11(2)17(20(33)25-14(21(34)35)5-3-4-10-22)26-19(32)13(7-9-16(29)30)24-18(31)12(23)6-8-15(27)28/h11-14,17H,3-10,22-23H2,1-2H3,(H,24,31)(H,25,33)(H,26,32)(H,27,28)(H,29,30)(H,34,35). The molecule has 0 fully saturated rings. The van der Waals surface area contributed by atoms with Gasteiger partial charge in [0.2, 0.25) is 17.7 Å². The zero-order valence-electron chi connectivity index (χ0n) is 20.0. The van der Waals surface area contributed by atoms with Crippen LogP contribution in [0.15, 0.2) is 0 Å². The van der Waals surface area contributed by atoms with E-state index in [0.717, 1.165) is 0 Å². The lowest BCUT2D eigenvalue weighted by atomic mass is 10.0. The fourth-order valence-corrected chi connectivity index (χ4v) is 3.03. The second-order valence-electron chi connectivity index (χ2n) is 8.45. The van der Waals surface area contributed by atoms with Gasteiger partial charge in [-0.15, -0.1) is 0 Å². The van der Waals surface area contributed by atoms with Gasteiger partial charge in [0.15, 0.2) is 0 Å². The number of hydrogen-bond acceptors (Lipinski definition) is 8. The maximum atomic E-state index is 12.9. The lowest BCUT2D eigenvalue weighted by Gasteiger charge is -2.27. The molecule has 3 amide bonds. The predicted octanol–water partition coefficient (Wildman–Crippen LogP) is -1.63. The number of amides is 3. The predicted molar refractivity (Wildman–Crippen MR) is 123 cm³/mol. The van der Waals surface area contributed by atoms with E-state index in [4.69, 9.17) is 21.7 Å². The van der Waals surface area contributed by atoms with E-state index in [2.05, 4.69) is 16.0 Å². The highest BCUT2D eigenvalue weighted by Gasteiger charge is 2.32. The number of carboxylic acid groups (broad SMARTS) is 3. The minimum Gasteiger partial charge on any atom is -0.481 e. The van der Waals surface area contributed by atoms with Crippen molar-refractivity contribution in [1.29, 1.82) is 0 Å². The summed E-state index contributed by atoms with van der Waals surface area (Å²) in [5.74, 6) is -6.59. The molecule has 4 unspecified atom stereocenters. The summed E-state index contributed by atoms with van der Waals surface area (Å²) in [6.45, 7) is 3.59. The Morgan fingerprint density at radius 1 is 0.714 bits per heavy atom. The molecule has 14 nitrogen and oxygen atoms in total. The zero-order valence-corrected chi connectivity index (χ0v) is 20.0. The molecule has 0 aromatic carbocycles. The Morgan fingerprint density at radius 2 is 1.26 bits per heavy atom. The smallest absolute Gasteiger partial charge is 0.326 e. The van der Waals surface area contributed by atoms with Crippen molar-refractivity contribution >= 4 is 35.6 Å². The molecule has 35 heavy (non-hydrogen) atoms. The number of carboxylic acids is 3. The van der Waals surface area contributed by atoms with Gasteiger partial charge in [-0.3, -0.25) is 24.0 Å². The third-order valence-corrected chi connectivity index (χ3v) is 5.09. The molecule has 0 heterocycles. The summed E-state index contributed by atoms with van der Waals surface area (Å²) >= 11 is 0. The molecule has 0 rings (SSSR count). The van der Waals surface area contributed by atoms with Gasteiger partial charge in [0, 0.05) is 12.8 Å². The second kappa shape index (κ2) is 16.4. The third-order valence-electron chi connectivity index (χ3n) is 5.09. The Balaban J connectivity index is 5.42. The minimum absolute atomic E-state index is 0.141. The van der Waals surface area contributed by atoms with Crippen molar-refractivity contribution in [1.82, 2.24) is 16.0 Å². The van der Waals surface area contributed by atoms with E-state index in [9.17, 15) is 33.9 Å². The molecule has 0 aliphatic heterocycles. The van der Waals surface area contributed by atoms with Crippen molar-refractivity contribution in [2.75, 3.05) is 6.54 Å². The van der Waals surface area contributed by atoms with Gasteiger partial charge in [-0.05, 0) is 44.6 Å². The highest BCUT2D eigenvalue weighted by atomic mass is 16.4. The molecule has 0 aliphatic rings. The molecule has 0 saturated heterocycles. The first-order valence-electron chi connectivity index (χ1n) is 11.3. The topological polar surface area (TPSA) is 251 Å². The molecule has 0 aliphatic carbocycles. The van der Waals surface area contributed by atoms with E-state index in [1.807, 2.05) is 0 Å². The first-order chi connectivity index (χ1) is 16.3. The van der Waals surface area contributed by atoms with Crippen LogP contribution in [0.25, 0.3) is 0 Å². The monoisotopic (exact) mass is 503 g/mol. The first-order valence-corrected chi connectivity index (χ1v) is 11.3. The fraction of sp³-hybridized carbons (Fsp3) is 0.714. The highest BCUT2D eigenvalue weighted by molar-refractivity contribution is 5.94. The molecular formula is C21H37N5O9. The van der Waals surface area contributed by atoms with Crippen LogP contribution in [0, 0.1) is 5.92 Å². The molecular weight excluding hydrogens is 466 g/mol. The molecule has 0 aromatic heterocycles. The van der Waals surface area contributed by atoms with Crippen molar-refractivity contribution in [2.45, 2.75) is 83.0 Å². The van der Waals surface area contributed by atoms with E-state index in [-0.39, 0.29) is 25.7 Å². The summed E-state index contributed by atoms with van der Waals surface area (Å²) in [7, 11) is 0. The van der Waals surface area contributed by atoms with Crippen LogP contribution in [0.5, 0.6) is 0 Å². The van der Waals surface area contributed by atoms with Gasteiger partial charge in [-0.1, -0.05) is 13.8 Å². The Hall–Kier alpha value is -3.26. The van der Waals surface area contributed by atoms with Crippen LogP contribution in [-0.2, 0) is 28.8 Å². The van der Waals surface area contributed by atoms with Crippen LogP contribution in [0.4, 0.5) is 0 Å². The van der Waals surface area contributed by atoms with Gasteiger partial charge >= 0.3 is 17.9 Å². The summed E-state index contributed by atoms with van der Waals surface area (Å²) in [4.78, 5) is 71.1. The van der Waals surface area contributed by atoms with Crippen LogP contribution in [0.1, 0.15) is 58.8 Å². The van der Waals surface area contributed by atoms with Crippen molar-refractivity contribution < 1.29 is 44.1 Å². The van der Waals surface area contributed by atoms with Crippen LogP contribution in [-0.4, -0.2) is 81.7 Å². The van der Waals surface area contributed by atoms with Gasteiger partial charge in [-0.2, -0.15) is 0 Å². The Labute approximate surface area is 203 Å². The number of aliphatic carboxylic acids is 3.